The van der Waals surface area contributed by atoms with Crippen molar-refractivity contribution in [2.24, 2.45) is 0 Å². The topological polar surface area (TPSA) is 3.24 Å². The van der Waals surface area contributed by atoms with Gasteiger partial charge in [0.15, 0.2) is 5.69 Å². The van der Waals surface area contributed by atoms with Crippen LogP contribution < -0.4 is 9.38 Å². The molecule has 0 fully saturated rings. The summed E-state index contributed by atoms with van der Waals surface area (Å²) in [6.07, 6.45) is 0. The zero-order valence-corrected chi connectivity index (χ0v) is 9.20. The summed E-state index contributed by atoms with van der Waals surface area (Å²) in [7, 11) is 10.7. The van der Waals surface area contributed by atoms with Gasteiger partial charge >= 0.3 is 23.9 Å². The minimum absolute atomic E-state index is 0. The van der Waals surface area contributed by atoms with Crippen LogP contribution in [0.25, 0.3) is 0 Å². The van der Waals surface area contributed by atoms with Crippen LogP contribution in [0.2, 0.25) is 0 Å². The van der Waals surface area contributed by atoms with E-state index >= 15 is 0 Å². The molecule has 0 saturated carbocycles. The second kappa shape index (κ2) is 5.03. The van der Waals surface area contributed by atoms with Crippen LogP contribution >= 0.6 is 0 Å². The number of rotatable bonds is 2. The number of hydrogen-bond acceptors (Lipinski definition) is 1. The fourth-order valence-electron chi connectivity index (χ4n) is 1.41. The normalized spacial score (nSPS) is 10.6. The summed E-state index contributed by atoms with van der Waals surface area (Å²) in [5.74, 6) is 0. The molecule has 0 aliphatic rings. The molecule has 0 aliphatic heterocycles. The number of hydrogen-bond donors (Lipinski definition) is 0. The van der Waals surface area contributed by atoms with Crippen molar-refractivity contribution in [1.29, 1.82) is 0 Å². The molecule has 0 radical (unpaired) electrons. The molecule has 0 aromatic heterocycles. The molecule has 1 aromatic carbocycles. The maximum absolute atomic E-state index is 2.18. The fourth-order valence-corrected chi connectivity index (χ4v) is 1.41. The summed E-state index contributed by atoms with van der Waals surface area (Å²) in [6.45, 7) is 0. The van der Waals surface area contributed by atoms with Gasteiger partial charge in [0.1, 0.15) is 0 Å². The Hall–Kier alpha value is -0.221. The summed E-state index contributed by atoms with van der Waals surface area (Å²) in [4.78, 5) is 2.15. The molecule has 0 heterocycles. The Kier molecular flexibility index (Phi) is 4.95. The number of nitrogens with zero attached hydrogens (tertiary/aromatic N) is 2. The van der Waals surface area contributed by atoms with E-state index in [9.17, 15) is 0 Å². The zero-order valence-electron chi connectivity index (χ0n) is 9.20. The molecule has 2 nitrogen and oxygen atoms in total. The molecule has 14 heavy (non-hydrogen) atoms. The molecule has 0 N–H and O–H groups in total. The number of para-hydroxylation sites is 2. The Labute approximate surface area is 104 Å². The van der Waals surface area contributed by atoms with E-state index in [0.29, 0.717) is 0 Å². The van der Waals surface area contributed by atoms with E-state index in [0.717, 1.165) is 4.48 Å². The number of quaternary nitrogens is 1. The van der Waals surface area contributed by atoms with E-state index in [2.05, 4.69) is 64.4 Å². The molecule has 0 saturated heterocycles. The Morgan fingerprint density at radius 1 is 1.00 bits per heavy atom. The fraction of sp³-hybridized carbons (Fsp3) is 0.455. The van der Waals surface area contributed by atoms with Gasteiger partial charge in [-0.3, -0.25) is 4.48 Å². The van der Waals surface area contributed by atoms with Gasteiger partial charge in [0.25, 0.3) is 0 Å². The van der Waals surface area contributed by atoms with Gasteiger partial charge in [0.05, 0.1) is 26.8 Å². The van der Waals surface area contributed by atoms with Gasteiger partial charge in [-0.05, 0) is 6.07 Å². The van der Waals surface area contributed by atoms with E-state index in [1.807, 2.05) is 0 Å². The third-order valence-corrected chi connectivity index (χ3v) is 2.09. The van der Waals surface area contributed by atoms with Crippen molar-refractivity contribution in [3.05, 3.63) is 24.3 Å². The second-order valence-corrected chi connectivity index (χ2v) is 4.40. The quantitative estimate of drug-likeness (QED) is 0.568. The summed E-state index contributed by atoms with van der Waals surface area (Å²) < 4.78 is 0.856. The number of benzene rings is 1. The van der Waals surface area contributed by atoms with Crippen LogP contribution in [0.5, 0.6) is 0 Å². The first-order valence-electron chi connectivity index (χ1n) is 4.51. The van der Waals surface area contributed by atoms with Gasteiger partial charge in [-0.15, -0.1) is 0 Å². The first-order valence-corrected chi connectivity index (χ1v) is 4.51. The van der Waals surface area contributed by atoms with Crippen molar-refractivity contribution >= 4 is 35.3 Å². The van der Waals surface area contributed by atoms with Gasteiger partial charge in [0.2, 0.25) is 0 Å². The summed E-state index contributed by atoms with van der Waals surface area (Å²) in [6, 6.07) is 8.49. The predicted octanol–water partition coefficient (Wildman–Crippen LogP) is 0.498. The van der Waals surface area contributed by atoms with E-state index in [1.54, 1.807) is 0 Å². The van der Waals surface area contributed by atoms with Gasteiger partial charge in [-0.25, -0.2) is 0 Å². The molecule has 80 valence electrons. The van der Waals surface area contributed by atoms with Crippen LogP contribution in [0.15, 0.2) is 24.3 Å². The Morgan fingerprint density at radius 3 is 1.86 bits per heavy atom. The third kappa shape index (κ3) is 3.17. The van der Waals surface area contributed by atoms with E-state index < -0.39 is 0 Å². The minimum atomic E-state index is 0. The van der Waals surface area contributed by atoms with Crippen molar-refractivity contribution in [3.63, 3.8) is 0 Å². The van der Waals surface area contributed by atoms with Gasteiger partial charge < -0.3 is 4.90 Å². The van der Waals surface area contributed by atoms with Gasteiger partial charge in [0, 0.05) is 20.2 Å². The van der Waals surface area contributed by atoms with Crippen molar-refractivity contribution in [2.75, 3.05) is 40.1 Å². The third-order valence-electron chi connectivity index (χ3n) is 2.09. The molecule has 1 aromatic rings. The first-order chi connectivity index (χ1) is 5.93. The molecule has 0 amide bonds. The standard InChI is InChI=1S/C11H19N2.Sn.4H/c1-12(2)10-8-6-7-9-11(10)13(3,4)5;;;;;/h6-9H,1-5H3;;;;;/q+1;;;;;. The van der Waals surface area contributed by atoms with Crippen molar-refractivity contribution in [1.82, 2.24) is 4.48 Å². The van der Waals surface area contributed by atoms with Crippen molar-refractivity contribution < 1.29 is 0 Å². The predicted molar refractivity (Wildman–Crippen MR) is 71.7 cm³/mol. The summed E-state index contributed by atoms with van der Waals surface area (Å²) in [5, 5.41) is 0. The molecular formula is C11H23N2Sn+. The van der Waals surface area contributed by atoms with E-state index in [-0.39, 0.29) is 23.9 Å². The second-order valence-electron chi connectivity index (χ2n) is 4.40. The average molecular weight is 302 g/mol. The van der Waals surface area contributed by atoms with E-state index in [4.69, 9.17) is 0 Å². The zero-order chi connectivity index (χ0) is 10.1. The molecule has 0 bridgehead atoms. The van der Waals surface area contributed by atoms with Crippen LogP contribution in [0, 0.1) is 0 Å². The van der Waals surface area contributed by atoms with Crippen LogP contribution in [-0.4, -0.2) is 59.1 Å². The monoisotopic (exact) mass is 303 g/mol. The van der Waals surface area contributed by atoms with Crippen molar-refractivity contribution in [2.45, 2.75) is 0 Å². The molecule has 0 unspecified atom stereocenters. The maximum atomic E-state index is 2.18. The van der Waals surface area contributed by atoms with Crippen LogP contribution in [0.3, 0.4) is 0 Å². The molecule has 0 aliphatic carbocycles. The summed E-state index contributed by atoms with van der Waals surface area (Å²) >= 11 is 0. The molecular weight excluding hydrogens is 279 g/mol. The SMILES string of the molecule is CN(C)c1ccccc1[N+](C)(C)C.[SnH4]. The summed E-state index contributed by atoms with van der Waals surface area (Å²) in [5.41, 5.74) is 2.63. The van der Waals surface area contributed by atoms with Gasteiger partial charge in [-0.1, -0.05) is 12.1 Å². The molecule has 0 spiro atoms. The Morgan fingerprint density at radius 2 is 1.50 bits per heavy atom. The molecule has 0 atom stereocenters. The van der Waals surface area contributed by atoms with Crippen LogP contribution in [0.4, 0.5) is 11.4 Å². The van der Waals surface area contributed by atoms with Gasteiger partial charge in [-0.2, -0.15) is 0 Å². The molecule has 3 heteroatoms. The van der Waals surface area contributed by atoms with Crippen molar-refractivity contribution in [3.8, 4) is 0 Å². The Bertz CT molecular complexity index is 290. The molecule has 1 rings (SSSR count). The number of anilines is 1. The average Bonchev–Trinajstić information content (AvgIpc) is 2.03. The van der Waals surface area contributed by atoms with E-state index in [1.165, 1.54) is 11.4 Å². The first kappa shape index (κ1) is 13.8. The van der Waals surface area contributed by atoms with Crippen LogP contribution in [0.1, 0.15) is 0 Å². The van der Waals surface area contributed by atoms with Crippen LogP contribution in [-0.2, 0) is 0 Å². The Balaban J connectivity index is 0.00000169.